The Morgan fingerprint density at radius 2 is 1.88 bits per heavy atom. The van der Waals surface area contributed by atoms with Crippen LogP contribution in [0.1, 0.15) is 18.4 Å². The van der Waals surface area contributed by atoms with Crippen molar-refractivity contribution >= 4 is 16.9 Å². The van der Waals surface area contributed by atoms with Gasteiger partial charge in [0.05, 0.1) is 41.6 Å². The molecule has 4 N–H and O–H groups in total. The van der Waals surface area contributed by atoms with Crippen LogP contribution in [0.4, 0.5) is 5.95 Å². The largest absolute Gasteiger partial charge is 0.394 e. The Labute approximate surface area is 196 Å². The van der Waals surface area contributed by atoms with Crippen molar-refractivity contribution < 1.29 is 5.11 Å². The first kappa shape index (κ1) is 21.8. The molecule has 0 saturated carbocycles. The summed E-state index contributed by atoms with van der Waals surface area (Å²) in [5.74, 6) is 0.525. The van der Waals surface area contributed by atoms with Crippen LogP contribution >= 0.6 is 0 Å². The van der Waals surface area contributed by atoms with Crippen molar-refractivity contribution in [2.75, 3.05) is 24.6 Å². The van der Waals surface area contributed by atoms with E-state index in [1.807, 2.05) is 36.5 Å². The van der Waals surface area contributed by atoms with Crippen LogP contribution in [0.5, 0.6) is 0 Å². The van der Waals surface area contributed by atoms with Crippen molar-refractivity contribution in [1.82, 2.24) is 19.7 Å². The van der Waals surface area contributed by atoms with E-state index < -0.39 is 0 Å². The summed E-state index contributed by atoms with van der Waals surface area (Å²) >= 11 is 0. The lowest BCUT2D eigenvalue weighted by atomic mass is 9.99. The van der Waals surface area contributed by atoms with Crippen molar-refractivity contribution in [2.45, 2.75) is 25.4 Å². The predicted octanol–water partition coefficient (Wildman–Crippen LogP) is 2.25. The topological polar surface area (TPSA) is 137 Å². The number of aromatic nitrogens is 4. The molecule has 1 fully saturated rings. The van der Waals surface area contributed by atoms with Gasteiger partial charge in [0, 0.05) is 36.3 Å². The van der Waals surface area contributed by atoms with Crippen molar-refractivity contribution in [3.63, 3.8) is 0 Å². The molecule has 172 valence electrons. The van der Waals surface area contributed by atoms with Crippen LogP contribution in [0.3, 0.4) is 0 Å². The molecule has 1 saturated heterocycles. The molecule has 3 heterocycles. The monoisotopic (exact) mass is 455 g/mol. The average Bonchev–Trinajstić information content (AvgIpc) is 3.26. The fourth-order valence-electron chi connectivity index (χ4n) is 4.35. The van der Waals surface area contributed by atoms with Gasteiger partial charge in [-0.3, -0.25) is 14.5 Å². The first-order valence-corrected chi connectivity index (χ1v) is 11.3. The molecule has 5 rings (SSSR count). The van der Waals surface area contributed by atoms with Gasteiger partial charge in [-0.05, 0) is 42.7 Å². The highest BCUT2D eigenvalue weighted by atomic mass is 16.3. The minimum Gasteiger partial charge on any atom is -0.394 e. The van der Waals surface area contributed by atoms with E-state index in [-0.39, 0.29) is 18.2 Å². The lowest BCUT2D eigenvalue weighted by Gasteiger charge is -2.30. The smallest absolute Gasteiger partial charge is 0.260 e. The molecule has 2 aromatic heterocycles. The zero-order valence-electron chi connectivity index (χ0n) is 18.6. The number of aliphatic hydroxyl groups excluding tert-OH is 1. The number of piperidine rings is 1. The van der Waals surface area contributed by atoms with Gasteiger partial charge in [0.1, 0.15) is 0 Å². The standard InChI is InChI=1S/C25H25N7O2/c26-14-16-1-3-17(4-2-16)23-22(18-5-6-21-19(13-18)15-32(30-21)11-12-33)24(34)29-25(28-23)31-9-7-20(27)8-10-31/h1-6,13,15,20,33H,7-12,27H2,(H,28,29,34). The van der Waals surface area contributed by atoms with Gasteiger partial charge in [0.15, 0.2) is 0 Å². The van der Waals surface area contributed by atoms with Crippen molar-refractivity contribution in [3.8, 4) is 28.5 Å². The summed E-state index contributed by atoms with van der Waals surface area (Å²) in [6.45, 7) is 1.85. The van der Waals surface area contributed by atoms with Gasteiger partial charge in [-0.2, -0.15) is 10.4 Å². The number of anilines is 1. The highest BCUT2D eigenvalue weighted by Crippen LogP contribution is 2.31. The maximum atomic E-state index is 13.5. The van der Waals surface area contributed by atoms with Crippen molar-refractivity contribution in [1.29, 1.82) is 5.26 Å². The molecule has 4 aromatic rings. The van der Waals surface area contributed by atoms with E-state index >= 15 is 0 Å². The Hall–Kier alpha value is -4.00. The van der Waals surface area contributed by atoms with E-state index in [0.717, 1.165) is 48.0 Å². The van der Waals surface area contributed by atoms with E-state index in [1.54, 1.807) is 16.8 Å². The number of nitrogens with two attached hydrogens (primary N) is 1. The minimum absolute atomic E-state index is 0.00383. The molecule has 1 aliphatic rings. The summed E-state index contributed by atoms with van der Waals surface area (Å²) in [5.41, 5.74) is 9.63. The predicted molar refractivity (Wildman–Crippen MR) is 130 cm³/mol. The SMILES string of the molecule is N#Cc1ccc(-c2nc(N3CCC(N)CC3)[nH]c(=O)c2-c2ccc3nn(CCO)cc3c2)cc1. The van der Waals surface area contributed by atoms with Gasteiger partial charge >= 0.3 is 0 Å². The summed E-state index contributed by atoms with van der Waals surface area (Å²) in [4.78, 5) is 23.4. The highest BCUT2D eigenvalue weighted by Gasteiger charge is 2.22. The second-order valence-corrected chi connectivity index (χ2v) is 8.52. The van der Waals surface area contributed by atoms with Crippen LogP contribution < -0.4 is 16.2 Å². The number of H-pyrrole nitrogens is 1. The van der Waals surface area contributed by atoms with Gasteiger partial charge in [-0.1, -0.05) is 18.2 Å². The first-order chi connectivity index (χ1) is 16.6. The molecular weight excluding hydrogens is 430 g/mol. The number of nitrogens with one attached hydrogen (secondary N) is 1. The van der Waals surface area contributed by atoms with Crippen molar-refractivity contribution in [3.05, 3.63) is 64.6 Å². The van der Waals surface area contributed by atoms with E-state index in [0.29, 0.717) is 29.3 Å². The van der Waals surface area contributed by atoms with Gasteiger partial charge in [0.2, 0.25) is 5.95 Å². The number of aliphatic hydroxyl groups is 1. The number of nitrogens with zero attached hydrogens (tertiary/aromatic N) is 5. The van der Waals surface area contributed by atoms with Gasteiger partial charge in [-0.15, -0.1) is 0 Å². The second-order valence-electron chi connectivity index (χ2n) is 8.52. The number of rotatable bonds is 5. The lowest BCUT2D eigenvalue weighted by molar-refractivity contribution is 0.270. The number of aromatic amines is 1. The lowest BCUT2D eigenvalue weighted by Crippen LogP contribution is -2.41. The second kappa shape index (κ2) is 9.09. The fraction of sp³-hybridized carbons (Fsp3) is 0.280. The minimum atomic E-state index is -0.235. The zero-order chi connectivity index (χ0) is 23.7. The molecule has 9 nitrogen and oxygen atoms in total. The third-order valence-corrected chi connectivity index (χ3v) is 6.20. The number of nitriles is 1. The Morgan fingerprint density at radius 3 is 2.59 bits per heavy atom. The number of hydrogen-bond donors (Lipinski definition) is 3. The van der Waals surface area contributed by atoms with Crippen LogP contribution in [0, 0.1) is 11.3 Å². The molecular formula is C25H25N7O2. The molecule has 0 radical (unpaired) electrons. The summed E-state index contributed by atoms with van der Waals surface area (Å²) in [5, 5.41) is 23.7. The van der Waals surface area contributed by atoms with Crippen LogP contribution in [-0.4, -0.2) is 50.6 Å². The third-order valence-electron chi connectivity index (χ3n) is 6.20. The Balaban J connectivity index is 1.65. The molecule has 0 atom stereocenters. The molecule has 1 aliphatic heterocycles. The normalized spacial score (nSPS) is 14.4. The number of hydrogen-bond acceptors (Lipinski definition) is 7. The average molecular weight is 456 g/mol. The van der Waals surface area contributed by atoms with Crippen molar-refractivity contribution in [2.24, 2.45) is 5.73 Å². The van der Waals surface area contributed by atoms with Crippen LogP contribution in [0.25, 0.3) is 33.3 Å². The first-order valence-electron chi connectivity index (χ1n) is 11.3. The van der Waals surface area contributed by atoms with E-state index in [9.17, 15) is 15.2 Å². The number of fused-ring (bicyclic) bond motifs is 1. The summed E-state index contributed by atoms with van der Waals surface area (Å²) in [6, 6.07) is 15.0. The summed E-state index contributed by atoms with van der Waals surface area (Å²) in [7, 11) is 0. The quantitative estimate of drug-likeness (QED) is 0.420. The van der Waals surface area contributed by atoms with Gasteiger partial charge < -0.3 is 15.7 Å². The molecule has 2 aromatic carbocycles. The Bertz CT molecular complexity index is 1420. The van der Waals surface area contributed by atoms with E-state index in [2.05, 4.69) is 21.1 Å². The number of benzene rings is 2. The van der Waals surface area contributed by atoms with Gasteiger partial charge in [-0.25, -0.2) is 4.98 Å². The molecule has 0 bridgehead atoms. The Morgan fingerprint density at radius 1 is 1.15 bits per heavy atom. The Kier molecular flexibility index (Phi) is 5.84. The zero-order valence-corrected chi connectivity index (χ0v) is 18.6. The van der Waals surface area contributed by atoms with Crippen LogP contribution in [0.15, 0.2) is 53.5 Å². The molecule has 0 amide bonds. The molecule has 0 aliphatic carbocycles. The third kappa shape index (κ3) is 4.17. The highest BCUT2D eigenvalue weighted by molar-refractivity contribution is 5.88. The maximum absolute atomic E-state index is 13.5. The van der Waals surface area contributed by atoms with E-state index in [1.165, 1.54) is 0 Å². The van der Waals surface area contributed by atoms with Gasteiger partial charge in [0.25, 0.3) is 5.56 Å². The fourth-order valence-corrected chi connectivity index (χ4v) is 4.35. The summed E-state index contributed by atoms with van der Waals surface area (Å²) in [6.07, 6.45) is 3.53. The van der Waals surface area contributed by atoms with Crippen LogP contribution in [-0.2, 0) is 6.54 Å². The maximum Gasteiger partial charge on any atom is 0.260 e. The summed E-state index contributed by atoms with van der Waals surface area (Å²) < 4.78 is 1.68. The van der Waals surface area contributed by atoms with E-state index in [4.69, 9.17) is 10.7 Å². The molecule has 34 heavy (non-hydrogen) atoms. The molecule has 9 heteroatoms. The van der Waals surface area contributed by atoms with Crippen LogP contribution in [0.2, 0.25) is 0 Å². The molecule has 0 unspecified atom stereocenters. The molecule has 0 spiro atoms.